The molecule has 0 aromatic heterocycles. The van der Waals surface area contributed by atoms with E-state index in [-0.39, 0.29) is 12.0 Å². The Morgan fingerprint density at radius 3 is 2.12 bits per heavy atom. The van der Waals surface area contributed by atoms with Crippen LogP contribution in [0, 0.1) is 0 Å². The maximum Gasteiger partial charge on any atom is 0.108 e. The molecule has 0 saturated carbocycles. The SMILES string of the molecule is CC(C)(C)c1ccc(C[O])c2ccccc12. The van der Waals surface area contributed by atoms with Gasteiger partial charge >= 0.3 is 0 Å². The Balaban J connectivity index is 2.80. The Morgan fingerprint density at radius 1 is 0.938 bits per heavy atom. The lowest BCUT2D eigenvalue weighted by molar-refractivity contribution is 0.179. The van der Waals surface area contributed by atoms with E-state index >= 15 is 0 Å². The lowest BCUT2D eigenvalue weighted by atomic mass is 9.83. The summed E-state index contributed by atoms with van der Waals surface area (Å²) in [6.07, 6.45) is 0. The van der Waals surface area contributed by atoms with Gasteiger partial charge in [0.05, 0.1) is 0 Å². The molecule has 0 unspecified atom stereocenters. The van der Waals surface area contributed by atoms with Gasteiger partial charge in [0, 0.05) is 0 Å². The first-order valence-electron chi connectivity index (χ1n) is 5.63. The van der Waals surface area contributed by atoms with Gasteiger partial charge < -0.3 is 0 Å². The first-order chi connectivity index (χ1) is 7.54. The van der Waals surface area contributed by atoms with Crippen molar-refractivity contribution in [3.63, 3.8) is 0 Å². The summed E-state index contributed by atoms with van der Waals surface area (Å²) in [5.74, 6) is 0. The van der Waals surface area contributed by atoms with Gasteiger partial charge in [-0.15, -0.1) is 0 Å². The molecule has 2 rings (SSSR count). The van der Waals surface area contributed by atoms with Gasteiger partial charge in [0.2, 0.25) is 0 Å². The molecule has 0 fully saturated rings. The molecule has 0 N–H and O–H groups in total. The predicted molar refractivity (Wildman–Crippen MR) is 67.0 cm³/mol. The van der Waals surface area contributed by atoms with Gasteiger partial charge in [-0.2, -0.15) is 0 Å². The van der Waals surface area contributed by atoms with Crippen molar-refractivity contribution >= 4 is 10.8 Å². The van der Waals surface area contributed by atoms with Crippen LogP contribution in [0.25, 0.3) is 10.8 Å². The minimum Gasteiger partial charge on any atom is -0.232 e. The predicted octanol–water partition coefficient (Wildman–Crippen LogP) is 4.07. The highest BCUT2D eigenvalue weighted by molar-refractivity contribution is 5.89. The molecule has 1 heteroatoms. The lowest BCUT2D eigenvalue weighted by Crippen LogP contribution is -2.12. The highest BCUT2D eigenvalue weighted by Crippen LogP contribution is 2.31. The van der Waals surface area contributed by atoms with Crippen LogP contribution in [-0.2, 0) is 17.1 Å². The van der Waals surface area contributed by atoms with E-state index in [9.17, 15) is 5.11 Å². The second-order valence-corrected chi connectivity index (χ2v) is 5.21. The highest BCUT2D eigenvalue weighted by atomic mass is 16.3. The van der Waals surface area contributed by atoms with Crippen LogP contribution in [0.15, 0.2) is 36.4 Å². The second kappa shape index (κ2) is 3.91. The molecule has 2 aromatic rings. The molecule has 1 nitrogen and oxygen atoms in total. The molecule has 0 spiro atoms. The zero-order valence-electron chi connectivity index (χ0n) is 10.1. The standard InChI is InChI=1S/C15H17O/c1-15(2,3)14-9-8-11(10-16)12-6-4-5-7-13(12)14/h4-9H,10H2,1-3H3. The van der Waals surface area contributed by atoms with Crippen molar-refractivity contribution in [2.75, 3.05) is 0 Å². The molecule has 0 saturated heterocycles. The van der Waals surface area contributed by atoms with Crippen molar-refractivity contribution in [1.29, 1.82) is 0 Å². The summed E-state index contributed by atoms with van der Waals surface area (Å²) < 4.78 is 0. The maximum absolute atomic E-state index is 11.1. The Morgan fingerprint density at radius 2 is 1.56 bits per heavy atom. The van der Waals surface area contributed by atoms with E-state index in [4.69, 9.17) is 0 Å². The third-order valence-corrected chi connectivity index (χ3v) is 2.98. The molecule has 0 bridgehead atoms. The first-order valence-corrected chi connectivity index (χ1v) is 5.63. The molecule has 0 aliphatic heterocycles. The molecule has 2 aromatic carbocycles. The monoisotopic (exact) mass is 213 g/mol. The summed E-state index contributed by atoms with van der Waals surface area (Å²) in [4.78, 5) is 0. The quantitative estimate of drug-likeness (QED) is 0.680. The van der Waals surface area contributed by atoms with E-state index in [0.29, 0.717) is 0 Å². The second-order valence-electron chi connectivity index (χ2n) is 5.21. The minimum atomic E-state index is -0.148. The summed E-state index contributed by atoms with van der Waals surface area (Å²) in [7, 11) is 0. The number of fused-ring (bicyclic) bond motifs is 1. The van der Waals surface area contributed by atoms with Gasteiger partial charge in [-0.05, 0) is 27.3 Å². The molecule has 0 heterocycles. The van der Waals surface area contributed by atoms with Crippen LogP contribution in [0.2, 0.25) is 0 Å². The molecule has 83 valence electrons. The topological polar surface area (TPSA) is 19.9 Å². The van der Waals surface area contributed by atoms with Gasteiger partial charge in [0.1, 0.15) is 6.61 Å². The average molecular weight is 213 g/mol. The van der Waals surface area contributed by atoms with Crippen molar-refractivity contribution in [3.8, 4) is 0 Å². The average Bonchev–Trinajstić information content (AvgIpc) is 2.26. The van der Waals surface area contributed by atoms with E-state index in [2.05, 4.69) is 32.9 Å². The molecule has 0 atom stereocenters. The molecule has 16 heavy (non-hydrogen) atoms. The summed E-state index contributed by atoms with van der Waals surface area (Å²) in [5.41, 5.74) is 2.31. The largest absolute Gasteiger partial charge is 0.232 e. The highest BCUT2D eigenvalue weighted by Gasteiger charge is 2.17. The summed E-state index contributed by atoms with van der Waals surface area (Å²) >= 11 is 0. The van der Waals surface area contributed by atoms with E-state index in [1.807, 2.05) is 24.3 Å². The van der Waals surface area contributed by atoms with E-state index in [1.165, 1.54) is 10.9 Å². The van der Waals surface area contributed by atoms with Crippen molar-refractivity contribution in [1.82, 2.24) is 0 Å². The summed E-state index contributed by atoms with van der Waals surface area (Å²) in [6, 6.07) is 12.2. The third-order valence-electron chi connectivity index (χ3n) is 2.98. The molecular formula is C15H17O. The number of benzene rings is 2. The Hall–Kier alpha value is -1.34. The molecule has 1 radical (unpaired) electrons. The summed E-state index contributed by atoms with van der Waals surface area (Å²) in [6.45, 7) is 6.45. The lowest BCUT2D eigenvalue weighted by Gasteiger charge is -2.22. The zero-order chi connectivity index (χ0) is 11.8. The van der Waals surface area contributed by atoms with Crippen LogP contribution in [0.5, 0.6) is 0 Å². The molecular weight excluding hydrogens is 196 g/mol. The van der Waals surface area contributed by atoms with Gasteiger partial charge in [-0.3, -0.25) is 0 Å². The fourth-order valence-electron chi connectivity index (χ4n) is 2.14. The van der Waals surface area contributed by atoms with Crippen molar-refractivity contribution in [3.05, 3.63) is 47.5 Å². The Labute approximate surface area is 96.7 Å². The van der Waals surface area contributed by atoms with E-state index in [0.717, 1.165) is 10.9 Å². The third kappa shape index (κ3) is 1.83. The molecule has 0 aliphatic rings. The van der Waals surface area contributed by atoms with Crippen LogP contribution < -0.4 is 0 Å². The number of hydrogen-bond acceptors (Lipinski definition) is 0. The fraction of sp³-hybridized carbons (Fsp3) is 0.333. The maximum atomic E-state index is 11.1. The van der Waals surface area contributed by atoms with Crippen molar-refractivity contribution in [2.45, 2.75) is 32.8 Å². The number of rotatable bonds is 1. The van der Waals surface area contributed by atoms with Gasteiger partial charge in [0.25, 0.3) is 0 Å². The van der Waals surface area contributed by atoms with E-state index < -0.39 is 0 Å². The molecule has 0 amide bonds. The van der Waals surface area contributed by atoms with Gasteiger partial charge in [-0.1, -0.05) is 57.2 Å². The smallest absolute Gasteiger partial charge is 0.108 e. The van der Waals surface area contributed by atoms with Crippen LogP contribution in [0.1, 0.15) is 31.9 Å². The van der Waals surface area contributed by atoms with Crippen molar-refractivity contribution < 1.29 is 5.11 Å². The first kappa shape index (κ1) is 11.2. The minimum absolute atomic E-state index is 0.112. The van der Waals surface area contributed by atoms with Crippen LogP contribution in [0.3, 0.4) is 0 Å². The zero-order valence-corrected chi connectivity index (χ0v) is 10.1. The number of hydrogen-bond donors (Lipinski definition) is 0. The van der Waals surface area contributed by atoms with Crippen LogP contribution in [-0.4, -0.2) is 0 Å². The molecule has 0 aliphatic carbocycles. The summed E-state index contributed by atoms with van der Waals surface area (Å²) in [5, 5.41) is 13.4. The van der Waals surface area contributed by atoms with Crippen LogP contribution >= 0.6 is 0 Å². The fourth-order valence-corrected chi connectivity index (χ4v) is 2.14. The Bertz CT molecular complexity index is 506. The van der Waals surface area contributed by atoms with E-state index in [1.54, 1.807) is 0 Å². The van der Waals surface area contributed by atoms with Gasteiger partial charge in [-0.25, -0.2) is 5.11 Å². The van der Waals surface area contributed by atoms with Crippen LogP contribution in [0.4, 0.5) is 0 Å². The van der Waals surface area contributed by atoms with Crippen molar-refractivity contribution in [2.24, 2.45) is 0 Å². The van der Waals surface area contributed by atoms with Gasteiger partial charge in [0.15, 0.2) is 0 Å². The Kier molecular flexibility index (Phi) is 2.73. The normalized spacial score (nSPS) is 12.0.